The second kappa shape index (κ2) is 6.57. The Morgan fingerprint density at radius 2 is 2.17 bits per heavy atom. The maximum atomic E-state index is 12.5. The lowest BCUT2D eigenvalue weighted by atomic mass is 10.1. The number of carbonyl (C=O) groups excluding carboxylic acids is 1. The summed E-state index contributed by atoms with van der Waals surface area (Å²) in [6.07, 6.45) is 5.10. The van der Waals surface area contributed by atoms with Crippen molar-refractivity contribution in [2.45, 2.75) is 31.3 Å². The highest BCUT2D eigenvalue weighted by Crippen LogP contribution is 2.29. The zero-order valence-electron chi connectivity index (χ0n) is 13.4. The number of fused-ring (bicyclic) bond motifs is 3. The van der Waals surface area contributed by atoms with Gasteiger partial charge < -0.3 is 15.0 Å². The standard InChI is InChI=1S/C18H20ClN3O2/c19-15-5-6-16(18-14(15)2-1-8-20-18)24-11-17(23)22-9-7-12-3-4-13(10-22)21-12/h1-2,5-6,8,12-13,21H,3-4,7,9-11H2. The molecule has 2 unspecified atom stereocenters. The van der Waals surface area contributed by atoms with Crippen LogP contribution in [0.3, 0.4) is 0 Å². The van der Waals surface area contributed by atoms with Crippen molar-refractivity contribution >= 4 is 28.4 Å². The molecule has 2 fully saturated rings. The van der Waals surface area contributed by atoms with E-state index in [1.165, 1.54) is 6.42 Å². The number of aromatic nitrogens is 1. The number of nitrogens with one attached hydrogen (secondary N) is 1. The number of hydrogen-bond donors (Lipinski definition) is 1. The van der Waals surface area contributed by atoms with Crippen LogP contribution in [0.2, 0.25) is 5.02 Å². The molecule has 2 aliphatic heterocycles. The fraction of sp³-hybridized carbons (Fsp3) is 0.444. The molecule has 2 aliphatic rings. The van der Waals surface area contributed by atoms with Crippen LogP contribution < -0.4 is 10.1 Å². The van der Waals surface area contributed by atoms with Crippen LogP contribution in [0.15, 0.2) is 30.5 Å². The topological polar surface area (TPSA) is 54.5 Å². The van der Waals surface area contributed by atoms with Gasteiger partial charge >= 0.3 is 0 Å². The van der Waals surface area contributed by atoms with Crippen LogP contribution in [-0.4, -0.2) is 47.6 Å². The van der Waals surface area contributed by atoms with Crippen LogP contribution in [0, 0.1) is 0 Å². The normalized spacial score (nSPS) is 23.3. The summed E-state index contributed by atoms with van der Waals surface area (Å²) in [7, 11) is 0. The van der Waals surface area contributed by atoms with Gasteiger partial charge in [-0.3, -0.25) is 9.78 Å². The van der Waals surface area contributed by atoms with E-state index in [2.05, 4.69) is 10.3 Å². The quantitative estimate of drug-likeness (QED) is 0.929. The largest absolute Gasteiger partial charge is 0.481 e. The number of likely N-dealkylation sites (tertiary alicyclic amines) is 1. The van der Waals surface area contributed by atoms with E-state index in [0.29, 0.717) is 28.4 Å². The van der Waals surface area contributed by atoms with E-state index in [-0.39, 0.29) is 12.5 Å². The average Bonchev–Trinajstić information content (AvgIpc) is 2.93. The van der Waals surface area contributed by atoms with E-state index in [1.807, 2.05) is 17.0 Å². The van der Waals surface area contributed by atoms with Crippen LogP contribution in [0.25, 0.3) is 10.9 Å². The van der Waals surface area contributed by atoms with Gasteiger partial charge in [-0.2, -0.15) is 0 Å². The molecule has 1 N–H and O–H groups in total. The minimum atomic E-state index is 0.0309. The molecule has 5 nitrogen and oxygen atoms in total. The van der Waals surface area contributed by atoms with Gasteiger partial charge in [0.2, 0.25) is 0 Å². The first-order valence-corrected chi connectivity index (χ1v) is 8.78. The molecule has 4 rings (SSSR count). The van der Waals surface area contributed by atoms with Gasteiger partial charge in [-0.25, -0.2) is 0 Å². The minimum absolute atomic E-state index is 0.0309. The fourth-order valence-corrected chi connectivity index (χ4v) is 3.84. The Bertz CT molecular complexity index is 767. The van der Waals surface area contributed by atoms with Gasteiger partial charge in [-0.1, -0.05) is 11.6 Å². The van der Waals surface area contributed by atoms with E-state index in [9.17, 15) is 4.79 Å². The van der Waals surface area contributed by atoms with Crippen LogP contribution in [0.4, 0.5) is 0 Å². The number of carbonyl (C=O) groups is 1. The van der Waals surface area contributed by atoms with Crippen molar-refractivity contribution in [3.8, 4) is 5.75 Å². The predicted molar refractivity (Wildman–Crippen MR) is 93.4 cm³/mol. The molecular formula is C18H20ClN3O2. The van der Waals surface area contributed by atoms with Gasteiger partial charge in [-0.15, -0.1) is 0 Å². The molecule has 0 aliphatic carbocycles. The lowest BCUT2D eigenvalue weighted by Gasteiger charge is -2.24. The Balaban J connectivity index is 1.45. The van der Waals surface area contributed by atoms with Crippen LogP contribution in [0.5, 0.6) is 5.75 Å². The molecule has 126 valence electrons. The molecular weight excluding hydrogens is 326 g/mol. The van der Waals surface area contributed by atoms with Crippen molar-refractivity contribution in [1.82, 2.24) is 15.2 Å². The second-order valence-corrected chi connectivity index (χ2v) is 6.91. The predicted octanol–water partition coefficient (Wildman–Crippen LogP) is 2.62. The van der Waals surface area contributed by atoms with Gasteiger partial charge in [0.05, 0.1) is 5.02 Å². The van der Waals surface area contributed by atoms with Gasteiger partial charge in [0.25, 0.3) is 5.91 Å². The third kappa shape index (κ3) is 3.06. The SMILES string of the molecule is O=C(COc1ccc(Cl)c2cccnc12)N1CCC2CCC(C1)N2. The molecule has 0 spiro atoms. The first-order chi connectivity index (χ1) is 11.7. The van der Waals surface area contributed by atoms with E-state index in [0.717, 1.165) is 31.3 Å². The van der Waals surface area contributed by atoms with Gasteiger partial charge in [0.15, 0.2) is 6.61 Å². The first-order valence-electron chi connectivity index (χ1n) is 8.40. The first kappa shape index (κ1) is 15.7. The molecule has 0 saturated carbocycles. The highest BCUT2D eigenvalue weighted by Gasteiger charge is 2.31. The number of nitrogens with zero attached hydrogens (tertiary/aromatic N) is 2. The van der Waals surface area contributed by atoms with Gasteiger partial charge in [-0.05, 0) is 43.5 Å². The maximum Gasteiger partial charge on any atom is 0.260 e. The second-order valence-electron chi connectivity index (χ2n) is 6.50. The average molecular weight is 346 g/mol. The molecule has 6 heteroatoms. The summed E-state index contributed by atoms with van der Waals surface area (Å²) in [4.78, 5) is 18.8. The van der Waals surface area contributed by atoms with Crippen molar-refractivity contribution in [3.63, 3.8) is 0 Å². The highest BCUT2D eigenvalue weighted by molar-refractivity contribution is 6.35. The summed E-state index contributed by atoms with van der Waals surface area (Å²) in [5.74, 6) is 0.626. The number of hydrogen-bond acceptors (Lipinski definition) is 4. The van der Waals surface area contributed by atoms with Crippen molar-refractivity contribution < 1.29 is 9.53 Å². The summed E-state index contributed by atoms with van der Waals surface area (Å²) in [5, 5.41) is 5.05. The fourth-order valence-electron chi connectivity index (χ4n) is 3.63. The summed E-state index contributed by atoms with van der Waals surface area (Å²) in [6.45, 7) is 1.61. The monoisotopic (exact) mass is 345 g/mol. The lowest BCUT2D eigenvalue weighted by Crippen LogP contribution is -2.41. The number of halogens is 1. The van der Waals surface area contributed by atoms with Gasteiger partial charge in [0.1, 0.15) is 11.3 Å². The Hall–Kier alpha value is -1.85. The molecule has 0 radical (unpaired) electrons. The molecule has 2 bridgehead atoms. The van der Waals surface area contributed by atoms with E-state index in [4.69, 9.17) is 16.3 Å². The third-order valence-electron chi connectivity index (χ3n) is 4.91. The summed E-state index contributed by atoms with van der Waals surface area (Å²) in [5.41, 5.74) is 0.689. The van der Waals surface area contributed by atoms with E-state index >= 15 is 0 Å². The van der Waals surface area contributed by atoms with Crippen molar-refractivity contribution in [2.75, 3.05) is 19.7 Å². The van der Waals surface area contributed by atoms with Crippen LogP contribution >= 0.6 is 11.6 Å². The summed E-state index contributed by atoms with van der Waals surface area (Å²) in [6, 6.07) is 8.29. The molecule has 1 aromatic heterocycles. The van der Waals surface area contributed by atoms with Crippen molar-refractivity contribution in [1.29, 1.82) is 0 Å². The Kier molecular flexibility index (Phi) is 4.29. The molecule has 2 saturated heterocycles. The molecule has 2 aromatic rings. The number of rotatable bonds is 3. The van der Waals surface area contributed by atoms with E-state index in [1.54, 1.807) is 18.3 Å². The minimum Gasteiger partial charge on any atom is -0.481 e. The zero-order valence-corrected chi connectivity index (χ0v) is 14.1. The van der Waals surface area contributed by atoms with E-state index < -0.39 is 0 Å². The highest BCUT2D eigenvalue weighted by atomic mass is 35.5. The van der Waals surface area contributed by atoms with Gasteiger partial charge in [0, 0.05) is 36.8 Å². The number of amides is 1. The maximum absolute atomic E-state index is 12.5. The van der Waals surface area contributed by atoms with Crippen molar-refractivity contribution in [2.24, 2.45) is 0 Å². The Morgan fingerprint density at radius 3 is 3.08 bits per heavy atom. The summed E-state index contributed by atoms with van der Waals surface area (Å²) < 4.78 is 5.78. The third-order valence-corrected chi connectivity index (χ3v) is 5.24. The molecule has 1 aromatic carbocycles. The molecule has 1 amide bonds. The van der Waals surface area contributed by atoms with Crippen molar-refractivity contribution in [3.05, 3.63) is 35.5 Å². The number of benzene rings is 1. The number of pyridine rings is 1. The van der Waals surface area contributed by atoms with Crippen LogP contribution in [0.1, 0.15) is 19.3 Å². The van der Waals surface area contributed by atoms with Crippen LogP contribution in [-0.2, 0) is 4.79 Å². The number of ether oxygens (including phenoxy) is 1. The lowest BCUT2D eigenvalue weighted by molar-refractivity contribution is -0.133. The molecule has 3 heterocycles. The molecule has 2 atom stereocenters. The Morgan fingerprint density at radius 1 is 1.29 bits per heavy atom. The molecule has 24 heavy (non-hydrogen) atoms. The summed E-state index contributed by atoms with van der Waals surface area (Å²) >= 11 is 6.19. The smallest absolute Gasteiger partial charge is 0.260 e. The zero-order chi connectivity index (χ0) is 16.5. The Labute approximate surface area is 145 Å².